The van der Waals surface area contributed by atoms with E-state index in [1.54, 1.807) is 19.1 Å². The van der Waals surface area contributed by atoms with Gasteiger partial charge in [0.15, 0.2) is 23.0 Å². The highest BCUT2D eigenvalue weighted by molar-refractivity contribution is 14.1. The van der Waals surface area contributed by atoms with Gasteiger partial charge in [0.05, 0.1) is 22.7 Å². The number of halogens is 1. The third kappa shape index (κ3) is 5.64. The van der Waals surface area contributed by atoms with E-state index >= 15 is 0 Å². The number of nitrogens with zero attached hydrogens (tertiary/aromatic N) is 1. The van der Waals surface area contributed by atoms with E-state index in [4.69, 9.17) is 31.2 Å². The second kappa shape index (κ2) is 11.1. The lowest BCUT2D eigenvalue weighted by Crippen LogP contribution is -2.27. The van der Waals surface area contributed by atoms with Crippen LogP contribution in [0.3, 0.4) is 0 Å². The van der Waals surface area contributed by atoms with Crippen molar-refractivity contribution < 1.29 is 23.7 Å². The van der Waals surface area contributed by atoms with Crippen LogP contribution in [0, 0.1) is 3.57 Å². The van der Waals surface area contributed by atoms with Crippen molar-refractivity contribution in [1.29, 1.82) is 0 Å². The van der Waals surface area contributed by atoms with Crippen LogP contribution in [0.25, 0.3) is 6.08 Å². The molecule has 0 radical (unpaired) electrons. The lowest BCUT2D eigenvalue weighted by Gasteiger charge is -2.15. The van der Waals surface area contributed by atoms with Gasteiger partial charge in [-0.2, -0.15) is 0 Å². The summed E-state index contributed by atoms with van der Waals surface area (Å²) in [4.78, 5) is 14.7. The molecule has 0 atom stereocenters. The van der Waals surface area contributed by atoms with E-state index in [1.165, 1.54) is 11.8 Å². The second-order valence-corrected chi connectivity index (χ2v) is 9.15. The monoisotopic (exact) mass is 571 g/mol. The molecule has 0 spiro atoms. The number of hydrogen-bond donors (Lipinski definition) is 0. The van der Waals surface area contributed by atoms with Crippen molar-refractivity contribution in [3.63, 3.8) is 0 Å². The lowest BCUT2D eigenvalue weighted by atomic mass is 10.2. The quantitative estimate of drug-likeness (QED) is 0.182. The fourth-order valence-corrected chi connectivity index (χ4v) is 5.09. The van der Waals surface area contributed by atoms with Gasteiger partial charge in [-0.05, 0) is 65.4 Å². The maximum absolute atomic E-state index is 12.5. The SMILES string of the molecule is CCN1C(=O)C(=Cc2cc(I)c(OCCOc3ccccc3OC)c(OC)c2)SC1=S. The number of carbonyl (C=O) groups excluding carboxylic acids is 1. The molecule has 2 aromatic carbocycles. The summed E-state index contributed by atoms with van der Waals surface area (Å²) in [6.45, 7) is 3.15. The molecule has 31 heavy (non-hydrogen) atoms. The maximum atomic E-state index is 12.5. The molecule has 1 aliphatic rings. The van der Waals surface area contributed by atoms with Crippen molar-refractivity contribution in [3.05, 3.63) is 50.4 Å². The summed E-state index contributed by atoms with van der Waals surface area (Å²) in [6.07, 6.45) is 1.83. The van der Waals surface area contributed by atoms with Gasteiger partial charge in [0.2, 0.25) is 0 Å². The van der Waals surface area contributed by atoms with Crippen molar-refractivity contribution in [1.82, 2.24) is 4.90 Å². The van der Waals surface area contributed by atoms with Crippen molar-refractivity contribution >= 4 is 62.9 Å². The zero-order valence-corrected chi connectivity index (χ0v) is 21.1. The Hall–Kier alpha value is -1.98. The summed E-state index contributed by atoms with van der Waals surface area (Å²) in [5, 5.41) is 0. The highest BCUT2D eigenvalue weighted by atomic mass is 127. The molecule has 1 saturated heterocycles. The number of benzene rings is 2. The Morgan fingerprint density at radius 3 is 2.39 bits per heavy atom. The number of methoxy groups -OCH3 is 2. The van der Waals surface area contributed by atoms with E-state index in [0.717, 1.165) is 9.13 Å². The van der Waals surface area contributed by atoms with E-state index in [0.29, 0.717) is 52.0 Å². The van der Waals surface area contributed by atoms with Gasteiger partial charge in [0.1, 0.15) is 17.5 Å². The molecule has 6 nitrogen and oxygen atoms in total. The first-order chi connectivity index (χ1) is 15.0. The van der Waals surface area contributed by atoms with Crippen LogP contribution in [0.15, 0.2) is 41.3 Å². The number of amides is 1. The van der Waals surface area contributed by atoms with Crippen LogP contribution in [0.2, 0.25) is 0 Å². The molecular formula is C22H22INO5S2. The molecular weight excluding hydrogens is 549 g/mol. The molecule has 3 rings (SSSR count). The highest BCUT2D eigenvalue weighted by Crippen LogP contribution is 2.37. The van der Waals surface area contributed by atoms with Crippen molar-refractivity contribution in [3.8, 4) is 23.0 Å². The van der Waals surface area contributed by atoms with E-state index < -0.39 is 0 Å². The minimum Gasteiger partial charge on any atom is -0.493 e. The first-order valence-electron chi connectivity index (χ1n) is 9.50. The molecule has 0 bridgehead atoms. The lowest BCUT2D eigenvalue weighted by molar-refractivity contribution is -0.121. The molecule has 1 aliphatic heterocycles. The number of carbonyl (C=O) groups is 1. The predicted octanol–water partition coefficient (Wildman–Crippen LogP) is 4.99. The number of thiocarbonyl (C=S) groups is 1. The Balaban J connectivity index is 1.69. The first kappa shape index (κ1) is 23.7. The van der Waals surface area contributed by atoms with E-state index in [1.807, 2.05) is 49.4 Å². The Kier molecular flexibility index (Phi) is 8.44. The highest BCUT2D eigenvalue weighted by Gasteiger charge is 2.30. The Labute approximate surface area is 205 Å². The molecule has 1 amide bonds. The fraction of sp³-hybridized carbons (Fsp3) is 0.273. The topological polar surface area (TPSA) is 57.2 Å². The molecule has 9 heteroatoms. The first-order valence-corrected chi connectivity index (χ1v) is 11.8. The van der Waals surface area contributed by atoms with Crippen molar-refractivity contribution in [2.45, 2.75) is 6.92 Å². The van der Waals surface area contributed by atoms with Crippen LogP contribution >= 0.6 is 46.6 Å². The average Bonchev–Trinajstić information content (AvgIpc) is 3.04. The molecule has 0 unspecified atom stereocenters. The number of hydrogen-bond acceptors (Lipinski definition) is 7. The molecule has 0 aliphatic carbocycles. The van der Waals surface area contributed by atoms with Crippen LogP contribution in [-0.2, 0) is 4.79 Å². The molecule has 164 valence electrons. The predicted molar refractivity (Wildman–Crippen MR) is 135 cm³/mol. The molecule has 0 N–H and O–H groups in total. The summed E-state index contributed by atoms with van der Waals surface area (Å²) in [6, 6.07) is 11.2. The average molecular weight is 571 g/mol. The minimum absolute atomic E-state index is 0.0692. The summed E-state index contributed by atoms with van der Waals surface area (Å²) >= 11 is 8.78. The van der Waals surface area contributed by atoms with Crippen LogP contribution in [0.4, 0.5) is 0 Å². The third-order valence-corrected chi connectivity index (χ3v) is 6.57. The summed E-state index contributed by atoms with van der Waals surface area (Å²) in [5.41, 5.74) is 0.843. The van der Waals surface area contributed by atoms with Gasteiger partial charge in [0.25, 0.3) is 5.91 Å². The molecule has 2 aromatic rings. The van der Waals surface area contributed by atoms with Crippen LogP contribution in [0.5, 0.6) is 23.0 Å². The van der Waals surface area contributed by atoms with Crippen molar-refractivity contribution in [2.24, 2.45) is 0 Å². The molecule has 1 heterocycles. The summed E-state index contributed by atoms with van der Waals surface area (Å²) in [7, 11) is 3.19. The molecule has 0 aromatic heterocycles. The van der Waals surface area contributed by atoms with Gasteiger partial charge in [-0.15, -0.1) is 0 Å². The van der Waals surface area contributed by atoms with Crippen LogP contribution in [0.1, 0.15) is 12.5 Å². The van der Waals surface area contributed by atoms with Gasteiger partial charge >= 0.3 is 0 Å². The number of thioether (sulfide) groups is 1. The van der Waals surface area contributed by atoms with Crippen LogP contribution in [-0.4, -0.2) is 49.1 Å². The zero-order valence-electron chi connectivity index (χ0n) is 17.3. The summed E-state index contributed by atoms with van der Waals surface area (Å²) in [5.74, 6) is 2.48. The van der Waals surface area contributed by atoms with Gasteiger partial charge in [-0.1, -0.05) is 36.1 Å². The number of likely N-dealkylation sites (N-methyl/N-ethyl adjacent to an activating group) is 1. The number of para-hydroxylation sites is 2. The maximum Gasteiger partial charge on any atom is 0.266 e. The van der Waals surface area contributed by atoms with Gasteiger partial charge in [-0.3, -0.25) is 9.69 Å². The Bertz CT molecular complexity index is 1010. The molecule has 1 fully saturated rings. The standard InChI is InChI=1S/C22H22INO5S2/c1-4-24-21(25)19(31-22(24)30)13-14-11-15(23)20(18(12-14)27-3)29-10-9-28-17-8-6-5-7-16(17)26-2/h5-8,11-13H,4,9-10H2,1-3H3. The van der Waals surface area contributed by atoms with Gasteiger partial charge < -0.3 is 18.9 Å². The molecule has 0 saturated carbocycles. The van der Waals surface area contributed by atoms with Crippen LogP contribution < -0.4 is 18.9 Å². The van der Waals surface area contributed by atoms with E-state index in [-0.39, 0.29) is 5.91 Å². The summed E-state index contributed by atoms with van der Waals surface area (Å²) < 4.78 is 23.9. The third-order valence-electron chi connectivity index (χ3n) is 4.40. The fourth-order valence-electron chi connectivity index (χ4n) is 2.92. The number of ether oxygens (including phenoxy) is 4. The van der Waals surface area contributed by atoms with Gasteiger partial charge in [-0.25, -0.2) is 0 Å². The van der Waals surface area contributed by atoms with E-state index in [9.17, 15) is 4.79 Å². The van der Waals surface area contributed by atoms with Crippen molar-refractivity contribution in [2.75, 3.05) is 34.0 Å². The normalized spacial score (nSPS) is 14.8. The Morgan fingerprint density at radius 1 is 1.06 bits per heavy atom. The van der Waals surface area contributed by atoms with Gasteiger partial charge in [0, 0.05) is 6.54 Å². The zero-order chi connectivity index (χ0) is 22.4. The second-order valence-electron chi connectivity index (χ2n) is 6.31. The van der Waals surface area contributed by atoms with E-state index in [2.05, 4.69) is 22.6 Å². The number of rotatable bonds is 9. The largest absolute Gasteiger partial charge is 0.493 e. The Morgan fingerprint density at radius 2 is 1.74 bits per heavy atom. The minimum atomic E-state index is -0.0692. The smallest absolute Gasteiger partial charge is 0.266 e.